The lowest BCUT2D eigenvalue weighted by atomic mass is 9.80. The molecule has 0 atom stereocenters. The molecule has 0 heterocycles. The smallest absolute Gasteiger partial charge is 0.0346 e. The number of rotatable bonds is 4. The maximum absolute atomic E-state index is 2.35. The Morgan fingerprint density at radius 2 is 1.00 bits per heavy atom. The van der Waals surface area contributed by atoms with E-state index in [9.17, 15) is 0 Å². The van der Waals surface area contributed by atoms with E-state index in [0.29, 0.717) is 0 Å². The number of hydrogen-bond donors (Lipinski definition) is 0. The van der Waals surface area contributed by atoms with Crippen LogP contribution in [0.15, 0.2) is 97.1 Å². The largest absolute Gasteiger partial charge is 0.0622 e. The topological polar surface area (TPSA) is 0 Å². The Bertz CT molecular complexity index is 1010. The molecule has 138 valence electrons. The maximum Gasteiger partial charge on any atom is 0.0346 e. The van der Waals surface area contributed by atoms with Crippen molar-refractivity contribution in [1.82, 2.24) is 0 Å². The molecule has 0 saturated carbocycles. The average molecular weight is 363 g/mol. The number of benzene rings is 4. The summed E-state index contributed by atoms with van der Waals surface area (Å²) in [7, 11) is 0. The lowest BCUT2D eigenvalue weighted by Gasteiger charge is -2.23. The molecule has 0 saturated heterocycles. The second kappa shape index (κ2) is 7.86. The molecular weight excluding hydrogens is 336 g/mol. The summed E-state index contributed by atoms with van der Waals surface area (Å²) in [5.41, 5.74) is 10.5. The minimum Gasteiger partial charge on any atom is -0.0622 e. The van der Waals surface area contributed by atoms with Crippen LogP contribution in [0, 0.1) is 20.8 Å². The summed E-state index contributed by atoms with van der Waals surface area (Å²) in [5, 5.41) is 0. The van der Waals surface area contributed by atoms with Gasteiger partial charge in [0.15, 0.2) is 0 Å². The third kappa shape index (κ3) is 3.77. The summed E-state index contributed by atoms with van der Waals surface area (Å²) in [6, 6.07) is 35.5. The highest BCUT2D eigenvalue weighted by molar-refractivity contribution is 5.70. The molecule has 4 aromatic carbocycles. The van der Waals surface area contributed by atoms with E-state index in [1.807, 2.05) is 0 Å². The molecule has 0 bridgehead atoms. The van der Waals surface area contributed by atoms with Gasteiger partial charge in [-0.3, -0.25) is 0 Å². The third-order valence-electron chi connectivity index (χ3n) is 5.42. The van der Waals surface area contributed by atoms with Gasteiger partial charge in [-0.2, -0.15) is 0 Å². The zero-order valence-electron chi connectivity index (χ0n) is 16.8. The quantitative estimate of drug-likeness (QED) is 0.330. The van der Waals surface area contributed by atoms with E-state index in [0.717, 1.165) is 0 Å². The van der Waals surface area contributed by atoms with Crippen molar-refractivity contribution >= 4 is 0 Å². The molecule has 0 aliphatic carbocycles. The van der Waals surface area contributed by atoms with Gasteiger partial charge in [0.25, 0.3) is 0 Å². The summed E-state index contributed by atoms with van der Waals surface area (Å²) in [4.78, 5) is 0. The monoisotopic (exact) mass is 362 g/mol. The van der Waals surface area contributed by atoms with Gasteiger partial charge >= 0.3 is 0 Å². The molecule has 0 heteroatoms. The first-order valence-corrected chi connectivity index (χ1v) is 9.91. The Morgan fingerprint density at radius 3 is 1.54 bits per heavy atom. The average Bonchev–Trinajstić information content (AvgIpc) is 2.72. The van der Waals surface area contributed by atoms with E-state index in [-0.39, 0.29) is 5.92 Å². The predicted octanol–water partition coefficient (Wildman–Crippen LogP) is 7.46. The van der Waals surface area contributed by atoms with Crippen LogP contribution in [0.4, 0.5) is 0 Å². The second-order valence-corrected chi connectivity index (χ2v) is 7.71. The summed E-state index contributed by atoms with van der Waals surface area (Å²) < 4.78 is 0. The second-order valence-electron chi connectivity index (χ2n) is 7.71. The van der Waals surface area contributed by atoms with Crippen molar-refractivity contribution in [2.75, 3.05) is 0 Å². The SMILES string of the molecule is Cc1ccc(C(c2ccc(C)cc2)c2cc(C)ccc2-c2ccccc2)cc1. The van der Waals surface area contributed by atoms with Gasteiger partial charge in [-0.15, -0.1) is 0 Å². The molecule has 0 nitrogen and oxygen atoms in total. The molecule has 4 aromatic rings. The molecule has 0 amide bonds. The standard InChI is InChI=1S/C28H26/c1-20-9-14-24(15-10-20)28(25-16-11-21(2)12-17-25)27-19-22(3)13-18-26(27)23-7-5-4-6-8-23/h4-19,28H,1-3H3. The minimum absolute atomic E-state index is 0.205. The Kier molecular flexibility index (Phi) is 5.12. The van der Waals surface area contributed by atoms with Crippen molar-refractivity contribution < 1.29 is 0 Å². The maximum atomic E-state index is 2.35. The molecule has 0 N–H and O–H groups in total. The van der Waals surface area contributed by atoms with Crippen LogP contribution in [0.1, 0.15) is 39.3 Å². The molecule has 0 spiro atoms. The van der Waals surface area contributed by atoms with Crippen LogP contribution in [0.5, 0.6) is 0 Å². The molecule has 0 aliphatic rings. The number of aryl methyl sites for hydroxylation is 3. The fourth-order valence-electron chi connectivity index (χ4n) is 3.87. The first kappa shape index (κ1) is 18.3. The van der Waals surface area contributed by atoms with Crippen LogP contribution in [-0.2, 0) is 0 Å². The Morgan fingerprint density at radius 1 is 0.500 bits per heavy atom. The highest BCUT2D eigenvalue weighted by atomic mass is 14.2. The van der Waals surface area contributed by atoms with E-state index < -0.39 is 0 Å². The van der Waals surface area contributed by atoms with E-state index in [1.165, 1.54) is 44.5 Å². The zero-order valence-corrected chi connectivity index (χ0v) is 16.8. The lowest BCUT2D eigenvalue weighted by Crippen LogP contribution is -2.06. The van der Waals surface area contributed by atoms with Crippen LogP contribution >= 0.6 is 0 Å². The highest BCUT2D eigenvalue weighted by Crippen LogP contribution is 2.38. The van der Waals surface area contributed by atoms with Crippen molar-refractivity contribution in [3.63, 3.8) is 0 Å². The fraction of sp³-hybridized carbons (Fsp3) is 0.143. The summed E-state index contributed by atoms with van der Waals surface area (Å²) in [6.45, 7) is 6.47. The van der Waals surface area contributed by atoms with E-state index in [4.69, 9.17) is 0 Å². The Hall–Kier alpha value is -3.12. The first-order valence-electron chi connectivity index (χ1n) is 9.91. The van der Waals surface area contributed by atoms with Crippen LogP contribution < -0.4 is 0 Å². The van der Waals surface area contributed by atoms with Gasteiger partial charge in [0, 0.05) is 5.92 Å². The van der Waals surface area contributed by atoms with Crippen molar-refractivity contribution in [3.05, 3.63) is 130 Å². The van der Waals surface area contributed by atoms with Crippen molar-refractivity contribution in [2.45, 2.75) is 26.7 Å². The summed E-state index contributed by atoms with van der Waals surface area (Å²) in [6.07, 6.45) is 0. The normalized spacial score (nSPS) is 11.0. The minimum atomic E-state index is 0.205. The van der Waals surface area contributed by atoms with Crippen molar-refractivity contribution in [1.29, 1.82) is 0 Å². The van der Waals surface area contributed by atoms with Gasteiger partial charge in [-0.25, -0.2) is 0 Å². The first-order chi connectivity index (χ1) is 13.6. The van der Waals surface area contributed by atoms with Gasteiger partial charge in [-0.05, 0) is 48.6 Å². The third-order valence-corrected chi connectivity index (χ3v) is 5.42. The molecule has 0 unspecified atom stereocenters. The van der Waals surface area contributed by atoms with Crippen LogP contribution in [0.25, 0.3) is 11.1 Å². The van der Waals surface area contributed by atoms with E-state index in [1.54, 1.807) is 0 Å². The van der Waals surface area contributed by atoms with Crippen molar-refractivity contribution in [2.24, 2.45) is 0 Å². The molecule has 0 fully saturated rings. The van der Waals surface area contributed by atoms with Crippen LogP contribution in [-0.4, -0.2) is 0 Å². The van der Waals surface area contributed by atoms with Crippen molar-refractivity contribution in [3.8, 4) is 11.1 Å². The Labute approximate surface area is 168 Å². The summed E-state index contributed by atoms with van der Waals surface area (Å²) in [5.74, 6) is 0.205. The van der Waals surface area contributed by atoms with E-state index in [2.05, 4.69) is 118 Å². The highest BCUT2D eigenvalue weighted by Gasteiger charge is 2.20. The predicted molar refractivity (Wildman–Crippen MR) is 120 cm³/mol. The molecule has 4 rings (SSSR count). The summed E-state index contributed by atoms with van der Waals surface area (Å²) >= 11 is 0. The van der Waals surface area contributed by atoms with E-state index >= 15 is 0 Å². The molecule has 0 aliphatic heterocycles. The molecule has 0 aromatic heterocycles. The van der Waals surface area contributed by atoms with Crippen LogP contribution in [0.3, 0.4) is 0 Å². The number of hydrogen-bond acceptors (Lipinski definition) is 0. The van der Waals surface area contributed by atoms with Gasteiger partial charge < -0.3 is 0 Å². The zero-order chi connectivity index (χ0) is 19.5. The van der Waals surface area contributed by atoms with Gasteiger partial charge in [0.1, 0.15) is 0 Å². The van der Waals surface area contributed by atoms with Crippen LogP contribution in [0.2, 0.25) is 0 Å². The molecule has 28 heavy (non-hydrogen) atoms. The molecular formula is C28H26. The van der Waals surface area contributed by atoms with Gasteiger partial charge in [0.2, 0.25) is 0 Å². The molecule has 0 radical (unpaired) electrons. The van der Waals surface area contributed by atoms with Gasteiger partial charge in [-0.1, -0.05) is 114 Å². The van der Waals surface area contributed by atoms with Gasteiger partial charge in [0.05, 0.1) is 0 Å². The lowest BCUT2D eigenvalue weighted by molar-refractivity contribution is 0.974. The Balaban J connectivity index is 1.95. The fourth-order valence-corrected chi connectivity index (χ4v) is 3.87.